The molecule has 0 N–H and O–H groups in total. The lowest BCUT2D eigenvalue weighted by atomic mass is 10.1. The van der Waals surface area contributed by atoms with E-state index in [2.05, 4.69) is 9.72 Å². The fourth-order valence-electron chi connectivity index (χ4n) is 1.53. The molecule has 0 fully saturated rings. The van der Waals surface area contributed by atoms with E-state index < -0.39 is 10.9 Å². The summed E-state index contributed by atoms with van der Waals surface area (Å²) in [6.07, 6.45) is 1.16. The van der Waals surface area contributed by atoms with E-state index >= 15 is 0 Å². The monoisotopic (exact) mass is 232 g/mol. The molecule has 1 aromatic carbocycles. The lowest BCUT2D eigenvalue weighted by molar-refractivity contribution is -0.385. The van der Waals surface area contributed by atoms with Crippen molar-refractivity contribution in [2.75, 3.05) is 7.11 Å². The van der Waals surface area contributed by atoms with E-state index in [0.29, 0.717) is 10.9 Å². The van der Waals surface area contributed by atoms with Gasteiger partial charge in [-0.05, 0) is 12.1 Å². The molecular weight excluding hydrogens is 224 g/mol. The summed E-state index contributed by atoms with van der Waals surface area (Å²) in [4.78, 5) is 25.5. The molecule has 0 saturated heterocycles. The summed E-state index contributed by atoms with van der Waals surface area (Å²) in [6, 6.07) is 6.17. The van der Waals surface area contributed by atoms with Gasteiger partial charge in [0, 0.05) is 11.5 Å². The third-order valence-electron chi connectivity index (χ3n) is 2.33. The van der Waals surface area contributed by atoms with E-state index in [0.717, 1.165) is 6.20 Å². The maximum absolute atomic E-state index is 11.5. The average molecular weight is 232 g/mol. The minimum atomic E-state index is -0.555. The molecule has 0 unspecified atom stereocenters. The van der Waals surface area contributed by atoms with Gasteiger partial charge in [-0.3, -0.25) is 10.1 Å². The predicted molar refractivity (Wildman–Crippen MR) is 59.7 cm³/mol. The number of aromatic nitrogens is 1. The normalized spacial score (nSPS) is 10.2. The SMILES string of the molecule is COC(=O)c1cccc2ncc([N+](=O)[O-])cc12. The van der Waals surface area contributed by atoms with Crippen LogP contribution >= 0.6 is 0 Å². The molecule has 0 saturated carbocycles. The predicted octanol–water partition coefficient (Wildman–Crippen LogP) is 1.93. The number of fused-ring (bicyclic) bond motifs is 1. The highest BCUT2D eigenvalue weighted by Crippen LogP contribution is 2.22. The second kappa shape index (κ2) is 4.17. The van der Waals surface area contributed by atoms with Crippen LogP contribution in [0.2, 0.25) is 0 Å². The molecule has 0 spiro atoms. The Kier molecular flexibility index (Phi) is 2.70. The first-order chi connectivity index (χ1) is 8.13. The van der Waals surface area contributed by atoms with Gasteiger partial charge in [-0.15, -0.1) is 0 Å². The Hall–Kier alpha value is -2.50. The Labute approximate surface area is 96.0 Å². The van der Waals surface area contributed by atoms with Gasteiger partial charge in [0.2, 0.25) is 0 Å². The van der Waals surface area contributed by atoms with Crippen LogP contribution in [-0.4, -0.2) is 23.0 Å². The van der Waals surface area contributed by atoms with E-state index in [9.17, 15) is 14.9 Å². The molecule has 0 aliphatic heterocycles. The average Bonchev–Trinajstić information content (AvgIpc) is 2.36. The zero-order chi connectivity index (χ0) is 12.4. The molecule has 0 radical (unpaired) electrons. The van der Waals surface area contributed by atoms with Gasteiger partial charge in [0.1, 0.15) is 6.20 Å². The van der Waals surface area contributed by atoms with E-state index in [1.165, 1.54) is 13.2 Å². The van der Waals surface area contributed by atoms with Crippen LogP contribution in [0.4, 0.5) is 5.69 Å². The van der Waals surface area contributed by atoms with E-state index in [1.54, 1.807) is 18.2 Å². The van der Waals surface area contributed by atoms with Crippen LogP contribution in [0.25, 0.3) is 10.9 Å². The van der Waals surface area contributed by atoms with Crippen LogP contribution in [0.3, 0.4) is 0 Å². The number of esters is 1. The van der Waals surface area contributed by atoms with Crippen molar-refractivity contribution < 1.29 is 14.5 Å². The smallest absolute Gasteiger partial charge is 0.338 e. The molecule has 0 aliphatic rings. The van der Waals surface area contributed by atoms with Gasteiger partial charge in [-0.2, -0.15) is 0 Å². The number of pyridine rings is 1. The Morgan fingerprint density at radius 2 is 2.24 bits per heavy atom. The fraction of sp³-hybridized carbons (Fsp3) is 0.0909. The standard InChI is InChI=1S/C11H8N2O4/c1-17-11(14)8-3-2-4-10-9(8)5-7(6-12-10)13(15)16/h2-6H,1H3. The first kappa shape index (κ1) is 11.0. The summed E-state index contributed by atoms with van der Waals surface area (Å²) in [5, 5.41) is 11.1. The largest absolute Gasteiger partial charge is 0.465 e. The van der Waals surface area contributed by atoms with Crippen molar-refractivity contribution in [1.29, 1.82) is 0 Å². The van der Waals surface area contributed by atoms with Gasteiger partial charge < -0.3 is 4.74 Å². The van der Waals surface area contributed by atoms with E-state index in [-0.39, 0.29) is 11.3 Å². The van der Waals surface area contributed by atoms with Crippen LogP contribution in [-0.2, 0) is 4.74 Å². The maximum Gasteiger partial charge on any atom is 0.338 e. The summed E-state index contributed by atoms with van der Waals surface area (Å²) >= 11 is 0. The van der Waals surface area contributed by atoms with Crippen molar-refractivity contribution in [1.82, 2.24) is 4.98 Å². The lowest BCUT2D eigenvalue weighted by Crippen LogP contribution is -2.02. The van der Waals surface area contributed by atoms with Crippen LogP contribution in [0.5, 0.6) is 0 Å². The highest BCUT2D eigenvalue weighted by atomic mass is 16.6. The first-order valence-corrected chi connectivity index (χ1v) is 4.75. The minimum absolute atomic E-state index is 0.158. The molecule has 0 amide bonds. The Morgan fingerprint density at radius 3 is 2.88 bits per heavy atom. The Balaban J connectivity index is 2.72. The van der Waals surface area contributed by atoms with Gasteiger partial charge >= 0.3 is 5.97 Å². The number of benzene rings is 1. The quantitative estimate of drug-likeness (QED) is 0.448. The molecule has 0 aliphatic carbocycles. The molecule has 1 aromatic heterocycles. The van der Waals surface area contributed by atoms with Crippen LogP contribution in [0.15, 0.2) is 30.5 Å². The molecule has 17 heavy (non-hydrogen) atoms. The number of carbonyl (C=O) groups excluding carboxylic acids is 1. The van der Waals surface area contributed by atoms with Crippen molar-refractivity contribution in [2.24, 2.45) is 0 Å². The van der Waals surface area contributed by atoms with Gasteiger partial charge in [0.05, 0.1) is 23.1 Å². The summed E-state index contributed by atoms with van der Waals surface area (Å²) in [6.45, 7) is 0. The molecule has 86 valence electrons. The zero-order valence-corrected chi connectivity index (χ0v) is 8.91. The number of hydrogen-bond acceptors (Lipinski definition) is 5. The number of methoxy groups -OCH3 is 1. The molecule has 0 atom stereocenters. The molecule has 6 nitrogen and oxygen atoms in total. The summed E-state index contributed by atoms with van der Waals surface area (Å²) in [7, 11) is 1.26. The second-order valence-electron chi connectivity index (χ2n) is 3.31. The highest BCUT2D eigenvalue weighted by Gasteiger charge is 2.14. The number of nitro groups is 1. The molecule has 2 rings (SSSR count). The van der Waals surface area contributed by atoms with Crippen LogP contribution < -0.4 is 0 Å². The molecule has 1 heterocycles. The first-order valence-electron chi connectivity index (χ1n) is 4.75. The number of hydrogen-bond donors (Lipinski definition) is 0. The third-order valence-corrected chi connectivity index (χ3v) is 2.33. The summed E-state index contributed by atoms with van der Waals surface area (Å²) in [5.41, 5.74) is 0.619. The Morgan fingerprint density at radius 1 is 1.47 bits per heavy atom. The van der Waals surface area contributed by atoms with Gasteiger partial charge in [-0.1, -0.05) is 6.07 Å². The number of ether oxygens (including phenoxy) is 1. The van der Waals surface area contributed by atoms with Crippen LogP contribution in [0.1, 0.15) is 10.4 Å². The highest BCUT2D eigenvalue weighted by molar-refractivity contribution is 6.03. The number of nitrogens with zero attached hydrogens (tertiary/aromatic N) is 2. The van der Waals surface area contributed by atoms with Crippen molar-refractivity contribution in [3.63, 3.8) is 0 Å². The van der Waals surface area contributed by atoms with Crippen molar-refractivity contribution in [2.45, 2.75) is 0 Å². The topological polar surface area (TPSA) is 82.3 Å². The third kappa shape index (κ3) is 1.92. The van der Waals surface area contributed by atoms with Crippen LogP contribution in [0, 0.1) is 10.1 Å². The van der Waals surface area contributed by atoms with E-state index in [1.807, 2.05) is 0 Å². The molecule has 0 bridgehead atoms. The van der Waals surface area contributed by atoms with Gasteiger partial charge in [0.15, 0.2) is 0 Å². The fourth-order valence-corrected chi connectivity index (χ4v) is 1.53. The molecule has 2 aromatic rings. The van der Waals surface area contributed by atoms with Gasteiger partial charge in [-0.25, -0.2) is 9.78 Å². The van der Waals surface area contributed by atoms with E-state index in [4.69, 9.17) is 0 Å². The lowest BCUT2D eigenvalue weighted by Gasteiger charge is -2.03. The zero-order valence-electron chi connectivity index (χ0n) is 8.91. The van der Waals surface area contributed by atoms with Crippen molar-refractivity contribution in [3.05, 3.63) is 46.1 Å². The second-order valence-corrected chi connectivity index (χ2v) is 3.31. The summed E-state index contributed by atoms with van der Waals surface area (Å²) < 4.78 is 4.61. The Bertz CT molecular complexity index is 609. The number of carbonyl (C=O) groups is 1. The van der Waals surface area contributed by atoms with Crippen molar-refractivity contribution in [3.8, 4) is 0 Å². The van der Waals surface area contributed by atoms with Gasteiger partial charge in [0.25, 0.3) is 5.69 Å². The summed E-state index contributed by atoms with van der Waals surface area (Å²) in [5.74, 6) is -0.544. The van der Waals surface area contributed by atoms with Crippen molar-refractivity contribution >= 4 is 22.6 Å². The minimum Gasteiger partial charge on any atom is -0.465 e. The number of rotatable bonds is 2. The molecular formula is C11H8N2O4. The maximum atomic E-state index is 11.5. The molecule has 6 heteroatoms.